The minimum atomic E-state index is -0.488. The van der Waals surface area contributed by atoms with Gasteiger partial charge in [-0.15, -0.1) is 0 Å². The maximum atomic E-state index is 12.8. The van der Waals surface area contributed by atoms with Gasteiger partial charge in [-0.3, -0.25) is 0 Å². The van der Waals surface area contributed by atoms with Crippen LogP contribution in [-0.4, -0.2) is 12.6 Å². The van der Waals surface area contributed by atoms with E-state index in [0.717, 1.165) is 31.0 Å². The summed E-state index contributed by atoms with van der Waals surface area (Å²) in [6.45, 7) is 1.02. The van der Waals surface area contributed by atoms with Gasteiger partial charge in [0.1, 0.15) is 11.6 Å². The van der Waals surface area contributed by atoms with Gasteiger partial charge in [0.15, 0.2) is 0 Å². The fourth-order valence-corrected chi connectivity index (χ4v) is 1.94. The quantitative estimate of drug-likeness (QED) is 0.766. The van der Waals surface area contributed by atoms with E-state index in [9.17, 15) is 8.78 Å². The van der Waals surface area contributed by atoms with Crippen LogP contribution in [0.25, 0.3) is 0 Å². The van der Waals surface area contributed by atoms with Crippen molar-refractivity contribution in [3.05, 3.63) is 35.4 Å². The van der Waals surface area contributed by atoms with Crippen LogP contribution >= 0.6 is 0 Å². The van der Waals surface area contributed by atoms with Gasteiger partial charge in [-0.25, -0.2) is 8.78 Å². The SMILES string of the molecule is Fc1cc(F)cc(C[C@@H]2CCCN2)c1. The van der Waals surface area contributed by atoms with Gasteiger partial charge in [-0.05, 0) is 43.5 Å². The Bertz CT molecular complexity index is 299. The zero-order valence-corrected chi connectivity index (χ0v) is 7.89. The molecule has 0 aromatic heterocycles. The first-order valence-corrected chi connectivity index (χ1v) is 4.92. The molecular formula is C11H13F2N. The van der Waals surface area contributed by atoms with Crippen molar-refractivity contribution < 1.29 is 8.78 Å². The van der Waals surface area contributed by atoms with Crippen molar-refractivity contribution >= 4 is 0 Å². The molecule has 1 heterocycles. The molecule has 0 amide bonds. The van der Waals surface area contributed by atoms with E-state index in [1.165, 1.54) is 12.1 Å². The number of benzene rings is 1. The van der Waals surface area contributed by atoms with Crippen molar-refractivity contribution in [2.75, 3.05) is 6.54 Å². The number of hydrogen-bond donors (Lipinski definition) is 1. The minimum Gasteiger partial charge on any atom is -0.314 e. The van der Waals surface area contributed by atoms with Gasteiger partial charge in [-0.2, -0.15) is 0 Å². The molecule has 1 aliphatic heterocycles. The fourth-order valence-electron chi connectivity index (χ4n) is 1.94. The first-order valence-electron chi connectivity index (χ1n) is 4.92. The highest BCUT2D eigenvalue weighted by Crippen LogP contribution is 2.14. The van der Waals surface area contributed by atoms with Gasteiger partial charge in [0.25, 0.3) is 0 Å². The normalized spacial score (nSPS) is 21.4. The lowest BCUT2D eigenvalue weighted by atomic mass is 10.0. The van der Waals surface area contributed by atoms with Crippen LogP contribution in [0.3, 0.4) is 0 Å². The molecule has 1 fully saturated rings. The van der Waals surface area contributed by atoms with Crippen LogP contribution in [-0.2, 0) is 6.42 Å². The first kappa shape index (κ1) is 9.59. The van der Waals surface area contributed by atoms with Crippen LogP contribution in [0.2, 0.25) is 0 Å². The van der Waals surface area contributed by atoms with Crippen molar-refractivity contribution in [2.45, 2.75) is 25.3 Å². The topological polar surface area (TPSA) is 12.0 Å². The summed E-state index contributed by atoms with van der Waals surface area (Å²) in [4.78, 5) is 0. The number of rotatable bonds is 2. The summed E-state index contributed by atoms with van der Waals surface area (Å²) < 4.78 is 25.7. The Morgan fingerprint density at radius 1 is 1.21 bits per heavy atom. The Hall–Kier alpha value is -0.960. The van der Waals surface area contributed by atoms with E-state index in [4.69, 9.17) is 0 Å². The van der Waals surface area contributed by atoms with Crippen molar-refractivity contribution in [1.29, 1.82) is 0 Å². The lowest BCUT2D eigenvalue weighted by Gasteiger charge is -2.09. The third kappa shape index (κ3) is 2.29. The molecule has 0 spiro atoms. The van der Waals surface area contributed by atoms with Crippen LogP contribution in [0, 0.1) is 11.6 Å². The Labute approximate surface area is 82.1 Å². The molecule has 0 aliphatic carbocycles. The van der Waals surface area contributed by atoms with Crippen LogP contribution in [0.5, 0.6) is 0 Å². The Morgan fingerprint density at radius 3 is 2.50 bits per heavy atom. The maximum absolute atomic E-state index is 12.8. The Balaban J connectivity index is 2.07. The minimum absolute atomic E-state index is 0.385. The predicted octanol–water partition coefficient (Wildman–Crippen LogP) is 2.26. The van der Waals surface area contributed by atoms with E-state index in [1.54, 1.807) is 0 Å². The Morgan fingerprint density at radius 2 is 1.93 bits per heavy atom. The largest absolute Gasteiger partial charge is 0.314 e. The molecule has 3 heteroatoms. The van der Waals surface area contributed by atoms with Gasteiger partial charge < -0.3 is 5.32 Å². The number of halogens is 2. The van der Waals surface area contributed by atoms with Gasteiger partial charge in [0, 0.05) is 12.1 Å². The zero-order chi connectivity index (χ0) is 9.97. The van der Waals surface area contributed by atoms with Crippen LogP contribution in [0.4, 0.5) is 8.78 Å². The van der Waals surface area contributed by atoms with Crippen LogP contribution < -0.4 is 5.32 Å². The van der Waals surface area contributed by atoms with Crippen molar-refractivity contribution in [3.8, 4) is 0 Å². The fraction of sp³-hybridized carbons (Fsp3) is 0.455. The standard InChI is InChI=1S/C11H13F2N/c12-9-4-8(5-10(13)7-9)6-11-2-1-3-14-11/h4-5,7,11,14H,1-3,6H2/t11-/m0/s1. The molecule has 0 saturated carbocycles. The van der Waals surface area contributed by atoms with E-state index in [2.05, 4.69) is 5.32 Å². The number of nitrogens with one attached hydrogen (secondary N) is 1. The zero-order valence-electron chi connectivity index (χ0n) is 7.89. The van der Waals surface area contributed by atoms with E-state index < -0.39 is 11.6 Å². The van der Waals surface area contributed by atoms with E-state index in [1.807, 2.05) is 0 Å². The second kappa shape index (κ2) is 4.05. The van der Waals surface area contributed by atoms with E-state index in [-0.39, 0.29) is 0 Å². The first-order chi connectivity index (χ1) is 6.74. The molecule has 1 aliphatic rings. The van der Waals surface area contributed by atoms with Gasteiger partial charge in [-0.1, -0.05) is 0 Å². The smallest absolute Gasteiger partial charge is 0.126 e. The summed E-state index contributed by atoms with van der Waals surface area (Å²) >= 11 is 0. The molecule has 1 aromatic carbocycles. The van der Waals surface area contributed by atoms with E-state index >= 15 is 0 Å². The second-order valence-corrected chi connectivity index (χ2v) is 3.78. The van der Waals surface area contributed by atoms with Gasteiger partial charge >= 0.3 is 0 Å². The molecule has 1 nitrogen and oxygen atoms in total. The summed E-state index contributed by atoms with van der Waals surface area (Å²) in [5.41, 5.74) is 0.738. The Kier molecular flexibility index (Phi) is 2.77. The van der Waals surface area contributed by atoms with Crippen molar-refractivity contribution in [1.82, 2.24) is 5.32 Å². The summed E-state index contributed by atoms with van der Waals surface area (Å²) in [7, 11) is 0. The molecule has 2 rings (SSSR count). The van der Waals surface area contributed by atoms with Gasteiger partial charge in [0.05, 0.1) is 0 Å². The third-order valence-electron chi connectivity index (χ3n) is 2.57. The molecule has 1 saturated heterocycles. The monoisotopic (exact) mass is 197 g/mol. The van der Waals surface area contributed by atoms with Crippen LogP contribution in [0.1, 0.15) is 18.4 Å². The van der Waals surface area contributed by atoms with Crippen LogP contribution in [0.15, 0.2) is 18.2 Å². The van der Waals surface area contributed by atoms with Crippen molar-refractivity contribution in [2.24, 2.45) is 0 Å². The van der Waals surface area contributed by atoms with Crippen molar-refractivity contribution in [3.63, 3.8) is 0 Å². The second-order valence-electron chi connectivity index (χ2n) is 3.78. The highest BCUT2D eigenvalue weighted by atomic mass is 19.1. The highest BCUT2D eigenvalue weighted by Gasteiger charge is 2.14. The average molecular weight is 197 g/mol. The van der Waals surface area contributed by atoms with E-state index in [0.29, 0.717) is 12.5 Å². The number of hydrogen-bond acceptors (Lipinski definition) is 1. The summed E-state index contributed by atoms with van der Waals surface area (Å²) in [5.74, 6) is -0.976. The molecule has 76 valence electrons. The lowest BCUT2D eigenvalue weighted by Crippen LogP contribution is -2.23. The molecular weight excluding hydrogens is 184 g/mol. The van der Waals surface area contributed by atoms with Gasteiger partial charge in [0.2, 0.25) is 0 Å². The summed E-state index contributed by atoms with van der Waals surface area (Å²) in [6, 6.07) is 4.11. The third-order valence-corrected chi connectivity index (χ3v) is 2.57. The molecule has 1 N–H and O–H groups in total. The summed E-state index contributed by atoms with van der Waals surface area (Å²) in [6.07, 6.45) is 2.97. The molecule has 1 atom stereocenters. The molecule has 0 radical (unpaired) electrons. The molecule has 0 unspecified atom stereocenters. The maximum Gasteiger partial charge on any atom is 0.126 e. The highest BCUT2D eigenvalue weighted by molar-refractivity contribution is 5.19. The average Bonchev–Trinajstić information content (AvgIpc) is 2.54. The molecule has 14 heavy (non-hydrogen) atoms. The molecule has 0 bridgehead atoms. The predicted molar refractivity (Wildman–Crippen MR) is 51.1 cm³/mol. The molecule has 1 aromatic rings. The lowest BCUT2D eigenvalue weighted by molar-refractivity contribution is 0.566. The summed E-state index contributed by atoms with van der Waals surface area (Å²) in [5, 5.41) is 3.30.